The van der Waals surface area contributed by atoms with Crippen molar-refractivity contribution in [2.24, 2.45) is 4.99 Å². The van der Waals surface area contributed by atoms with Crippen LogP contribution >= 0.6 is 11.3 Å². The number of furan rings is 1. The van der Waals surface area contributed by atoms with E-state index in [0.29, 0.717) is 11.7 Å². The zero-order valence-corrected chi connectivity index (χ0v) is 14.2. The number of amides is 1. The predicted molar refractivity (Wildman–Crippen MR) is 103 cm³/mol. The molecule has 2 aromatic heterocycles. The lowest BCUT2D eigenvalue weighted by Gasteiger charge is -2.04. The van der Waals surface area contributed by atoms with Gasteiger partial charge in [0.25, 0.3) is 5.91 Å². The summed E-state index contributed by atoms with van der Waals surface area (Å²) in [6.07, 6.45) is 3.40. The van der Waals surface area contributed by atoms with E-state index in [-0.39, 0.29) is 5.91 Å². The number of carbonyl (C=O) groups excluding carboxylic acids is 1. The molecule has 2 aromatic carbocycles. The third kappa shape index (κ3) is 2.64. The minimum Gasteiger partial charge on any atom is -0.464 e. The Hall–Kier alpha value is -3.45. The molecule has 0 unspecified atom stereocenters. The van der Waals surface area contributed by atoms with E-state index in [9.17, 15) is 4.79 Å². The maximum Gasteiger partial charge on any atom is 0.276 e. The number of aliphatic imine (C=N–C) groups is 1. The van der Waals surface area contributed by atoms with E-state index < -0.39 is 0 Å². The van der Waals surface area contributed by atoms with Crippen LogP contribution in [0.5, 0.6) is 0 Å². The highest BCUT2D eigenvalue weighted by atomic mass is 32.1. The van der Waals surface area contributed by atoms with Crippen LogP contribution in [0, 0.1) is 0 Å². The second-order valence-corrected chi connectivity index (χ2v) is 6.71. The molecular weight excluding hydrogens is 348 g/mol. The lowest BCUT2D eigenvalue weighted by Crippen LogP contribution is -2.29. The van der Waals surface area contributed by atoms with Crippen molar-refractivity contribution < 1.29 is 9.21 Å². The summed E-state index contributed by atoms with van der Waals surface area (Å²) in [5.41, 5.74) is 5.66. The van der Waals surface area contributed by atoms with Gasteiger partial charge in [0, 0.05) is 11.1 Å². The van der Waals surface area contributed by atoms with Crippen molar-refractivity contribution >= 4 is 56.2 Å². The molecule has 0 atom stereocenters. The summed E-state index contributed by atoms with van der Waals surface area (Å²) >= 11 is 1.57. The average molecular weight is 360 g/mol. The van der Waals surface area contributed by atoms with Crippen LogP contribution < -0.4 is 10.6 Å². The van der Waals surface area contributed by atoms with Gasteiger partial charge in [-0.2, -0.15) is 0 Å². The van der Waals surface area contributed by atoms with Crippen LogP contribution in [0.2, 0.25) is 0 Å². The van der Waals surface area contributed by atoms with Gasteiger partial charge in [-0.3, -0.25) is 10.1 Å². The molecule has 0 radical (unpaired) electrons. The van der Waals surface area contributed by atoms with E-state index in [2.05, 4.69) is 20.6 Å². The molecule has 0 aliphatic carbocycles. The van der Waals surface area contributed by atoms with Gasteiger partial charge in [-0.05, 0) is 48.0 Å². The number of hydrogen-bond acceptors (Lipinski definition) is 6. The van der Waals surface area contributed by atoms with Crippen molar-refractivity contribution in [3.8, 4) is 0 Å². The largest absolute Gasteiger partial charge is 0.464 e. The van der Waals surface area contributed by atoms with Crippen molar-refractivity contribution in [3.05, 3.63) is 65.5 Å². The first-order valence-electron chi connectivity index (χ1n) is 7.94. The average Bonchev–Trinajstić information content (AvgIpc) is 3.35. The molecule has 5 rings (SSSR count). The van der Waals surface area contributed by atoms with E-state index in [1.807, 2.05) is 42.5 Å². The van der Waals surface area contributed by atoms with Crippen LogP contribution in [0.4, 0.5) is 5.69 Å². The van der Waals surface area contributed by atoms with E-state index in [0.717, 1.165) is 32.4 Å². The van der Waals surface area contributed by atoms with Gasteiger partial charge in [0.2, 0.25) is 5.96 Å². The zero-order valence-electron chi connectivity index (χ0n) is 13.4. The molecule has 0 spiro atoms. The summed E-state index contributed by atoms with van der Waals surface area (Å²) in [4.78, 5) is 20.8. The molecule has 2 N–H and O–H groups in total. The number of benzene rings is 2. The first-order valence-corrected chi connectivity index (χ1v) is 8.82. The van der Waals surface area contributed by atoms with Crippen molar-refractivity contribution in [1.82, 2.24) is 10.3 Å². The number of fused-ring (bicyclic) bond motifs is 2. The second-order valence-electron chi connectivity index (χ2n) is 5.82. The minimum atomic E-state index is -0.237. The Bertz CT molecular complexity index is 1220. The number of nitrogens with one attached hydrogen (secondary N) is 2. The lowest BCUT2D eigenvalue weighted by atomic mass is 10.1. The summed E-state index contributed by atoms with van der Waals surface area (Å²) in [6.45, 7) is 0. The molecule has 7 heteroatoms. The standard InChI is InChI=1S/C19H12N4O2S/c24-18-15(8-11-1-4-16-12(7-11)5-6-25-16)22-19(23-18)21-13-2-3-14-17(9-13)26-10-20-14/h1-10H,(H2,21,22,23,24)/b15-8-. The fourth-order valence-corrected chi connectivity index (χ4v) is 3.55. The van der Waals surface area contributed by atoms with Crippen molar-refractivity contribution in [2.45, 2.75) is 0 Å². The molecule has 0 saturated carbocycles. The third-order valence-corrected chi connectivity index (χ3v) is 4.86. The van der Waals surface area contributed by atoms with Gasteiger partial charge in [-0.25, -0.2) is 9.98 Å². The summed E-state index contributed by atoms with van der Waals surface area (Å²) in [5, 5.41) is 6.87. The zero-order chi connectivity index (χ0) is 17.5. The topological polar surface area (TPSA) is 79.5 Å². The van der Waals surface area contributed by atoms with Gasteiger partial charge in [0.15, 0.2) is 0 Å². The SMILES string of the molecule is O=C1NC(Nc2ccc3ncsc3c2)=N/C1=C\c1ccc2occc2c1. The molecule has 0 fully saturated rings. The predicted octanol–water partition coefficient (Wildman–Crippen LogP) is 3.98. The second kappa shape index (κ2) is 5.82. The first-order chi connectivity index (χ1) is 12.7. The van der Waals surface area contributed by atoms with Crippen molar-refractivity contribution in [3.63, 3.8) is 0 Å². The highest BCUT2D eigenvalue weighted by Gasteiger charge is 2.20. The number of nitrogens with zero attached hydrogens (tertiary/aromatic N) is 2. The monoisotopic (exact) mass is 360 g/mol. The summed E-state index contributed by atoms with van der Waals surface area (Å²) in [6, 6.07) is 13.4. The summed E-state index contributed by atoms with van der Waals surface area (Å²) < 4.78 is 6.40. The Morgan fingerprint density at radius 2 is 2.12 bits per heavy atom. The maximum absolute atomic E-state index is 12.2. The number of thiazole rings is 1. The van der Waals surface area contributed by atoms with Crippen LogP contribution in [-0.4, -0.2) is 16.9 Å². The smallest absolute Gasteiger partial charge is 0.276 e. The molecule has 3 heterocycles. The fraction of sp³-hybridized carbons (Fsp3) is 0. The first kappa shape index (κ1) is 14.9. The Kier molecular flexibility index (Phi) is 3.32. The quantitative estimate of drug-likeness (QED) is 0.530. The van der Waals surface area contributed by atoms with Crippen LogP contribution in [0.25, 0.3) is 27.3 Å². The van der Waals surface area contributed by atoms with Crippen LogP contribution in [0.1, 0.15) is 5.56 Å². The minimum absolute atomic E-state index is 0.237. The Morgan fingerprint density at radius 1 is 1.15 bits per heavy atom. The number of aromatic nitrogens is 1. The molecule has 4 aromatic rings. The van der Waals surface area contributed by atoms with E-state index in [1.54, 1.807) is 29.2 Å². The van der Waals surface area contributed by atoms with E-state index in [1.165, 1.54) is 0 Å². The number of rotatable bonds is 2. The summed E-state index contributed by atoms with van der Waals surface area (Å²) in [7, 11) is 0. The van der Waals surface area contributed by atoms with Gasteiger partial charge < -0.3 is 9.73 Å². The molecule has 0 saturated heterocycles. The normalized spacial score (nSPS) is 15.6. The molecule has 0 bridgehead atoms. The lowest BCUT2D eigenvalue weighted by molar-refractivity contribution is -0.115. The van der Waals surface area contributed by atoms with E-state index in [4.69, 9.17) is 4.42 Å². The molecule has 1 aliphatic rings. The number of guanidine groups is 1. The molecule has 1 aliphatic heterocycles. The van der Waals surface area contributed by atoms with Gasteiger partial charge in [0.05, 0.1) is 22.0 Å². The van der Waals surface area contributed by atoms with Crippen molar-refractivity contribution in [2.75, 3.05) is 5.32 Å². The van der Waals surface area contributed by atoms with Crippen LogP contribution in [0.3, 0.4) is 0 Å². The Balaban J connectivity index is 1.42. The molecular formula is C19H12N4O2S. The van der Waals surface area contributed by atoms with E-state index >= 15 is 0 Å². The van der Waals surface area contributed by atoms with Crippen LogP contribution in [-0.2, 0) is 4.79 Å². The fourth-order valence-electron chi connectivity index (χ4n) is 2.83. The molecule has 26 heavy (non-hydrogen) atoms. The highest BCUT2D eigenvalue weighted by Crippen LogP contribution is 2.23. The number of anilines is 1. The number of carbonyl (C=O) groups is 1. The maximum atomic E-state index is 12.2. The summed E-state index contributed by atoms with van der Waals surface area (Å²) in [5.74, 6) is 0.174. The Morgan fingerprint density at radius 3 is 3.08 bits per heavy atom. The van der Waals surface area contributed by atoms with Crippen LogP contribution in [0.15, 0.2) is 69.3 Å². The third-order valence-electron chi connectivity index (χ3n) is 4.07. The van der Waals surface area contributed by atoms with Gasteiger partial charge >= 0.3 is 0 Å². The molecule has 126 valence electrons. The highest BCUT2D eigenvalue weighted by molar-refractivity contribution is 7.16. The van der Waals surface area contributed by atoms with Gasteiger partial charge in [0.1, 0.15) is 11.3 Å². The molecule has 1 amide bonds. The Labute approximate surface area is 151 Å². The number of hydrogen-bond donors (Lipinski definition) is 2. The molecule has 6 nitrogen and oxygen atoms in total. The van der Waals surface area contributed by atoms with Gasteiger partial charge in [-0.15, -0.1) is 11.3 Å². The van der Waals surface area contributed by atoms with Crippen molar-refractivity contribution in [1.29, 1.82) is 0 Å². The van der Waals surface area contributed by atoms with Gasteiger partial charge in [-0.1, -0.05) is 6.07 Å².